The van der Waals surface area contributed by atoms with Gasteiger partial charge in [-0.15, -0.1) is 0 Å². The minimum absolute atomic E-state index is 0.0235. The molecule has 0 unspecified atom stereocenters. The molecule has 0 fully saturated rings. The Bertz CT molecular complexity index is 809. The summed E-state index contributed by atoms with van der Waals surface area (Å²) in [7, 11) is 0. The first-order valence-corrected chi connectivity index (χ1v) is 8.43. The van der Waals surface area contributed by atoms with Crippen molar-refractivity contribution in [2.24, 2.45) is 5.73 Å². The van der Waals surface area contributed by atoms with Crippen LogP contribution in [0.2, 0.25) is 0 Å². The van der Waals surface area contributed by atoms with Gasteiger partial charge in [-0.3, -0.25) is 4.79 Å². The van der Waals surface area contributed by atoms with Gasteiger partial charge in [-0.05, 0) is 27.8 Å². The van der Waals surface area contributed by atoms with Crippen LogP contribution in [0.5, 0.6) is 0 Å². The Labute approximate surface area is 148 Å². The molecule has 0 atom stereocenters. The summed E-state index contributed by atoms with van der Waals surface area (Å²) in [6.45, 7) is 1.07. The molecule has 0 spiro atoms. The van der Waals surface area contributed by atoms with Crippen LogP contribution < -0.4 is 11.1 Å². The molecule has 0 aliphatic carbocycles. The number of rotatable bonds is 6. The monoisotopic (exact) mass is 330 g/mol. The van der Waals surface area contributed by atoms with Gasteiger partial charge in [0.05, 0.1) is 6.42 Å². The second kappa shape index (κ2) is 8.27. The fraction of sp³-hybridized carbons (Fsp3) is 0.136. The lowest BCUT2D eigenvalue weighted by Gasteiger charge is -2.07. The van der Waals surface area contributed by atoms with E-state index in [-0.39, 0.29) is 5.91 Å². The molecule has 0 bridgehead atoms. The van der Waals surface area contributed by atoms with Crippen molar-refractivity contribution in [1.82, 2.24) is 5.32 Å². The number of nitrogens with one attached hydrogen (secondary N) is 1. The Balaban J connectivity index is 1.54. The summed E-state index contributed by atoms with van der Waals surface area (Å²) in [6.07, 6.45) is 0.385. The van der Waals surface area contributed by atoms with E-state index < -0.39 is 0 Å². The molecule has 3 N–H and O–H groups in total. The third kappa shape index (κ3) is 4.78. The summed E-state index contributed by atoms with van der Waals surface area (Å²) >= 11 is 0. The summed E-state index contributed by atoms with van der Waals surface area (Å²) < 4.78 is 0. The van der Waals surface area contributed by atoms with E-state index in [9.17, 15) is 4.79 Å². The summed E-state index contributed by atoms with van der Waals surface area (Å²) in [5.41, 5.74) is 11.1. The predicted molar refractivity (Wildman–Crippen MR) is 102 cm³/mol. The van der Waals surface area contributed by atoms with E-state index in [2.05, 4.69) is 29.6 Å². The largest absolute Gasteiger partial charge is 0.352 e. The smallest absolute Gasteiger partial charge is 0.224 e. The quantitative estimate of drug-likeness (QED) is 0.724. The Hall–Kier alpha value is -2.91. The molecule has 25 heavy (non-hydrogen) atoms. The van der Waals surface area contributed by atoms with Crippen molar-refractivity contribution < 1.29 is 4.79 Å². The molecule has 0 saturated heterocycles. The maximum Gasteiger partial charge on any atom is 0.224 e. The number of benzene rings is 3. The van der Waals surface area contributed by atoms with Crippen LogP contribution in [0.25, 0.3) is 11.1 Å². The van der Waals surface area contributed by atoms with E-state index in [1.807, 2.05) is 54.6 Å². The molecule has 1 amide bonds. The van der Waals surface area contributed by atoms with Gasteiger partial charge in [0.15, 0.2) is 0 Å². The van der Waals surface area contributed by atoms with Crippen LogP contribution >= 0.6 is 0 Å². The normalized spacial score (nSPS) is 10.4. The predicted octanol–water partition coefficient (Wildman–Crippen LogP) is 3.67. The molecule has 0 heterocycles. The minimum atomic E-state index is 0.0235. The number of amides is 1. The van der Waals surface area contributed by atoms with E-state index in [0.717, 1.165) is 22.3 Å². The third-order valence-corrected chi connectivity index (χ3v) is 4.17. The van der Waals surface area contributed by atoms with Crippen LogP contribution in [0, 0.1) is 0 Å². The van der Waals surface area contributed by atoms with Gasteiger partial charge in [-0.1, -0.05) is 78.9 Å². The summed E-state index contributed by atoms with van der Waals surface area (Å²) in [5.74, 6) is 0.0235. The highest BCUT2D eigenvalue weighted by Crippen LogP contribution is 2.19. The maximum atomic E-state index is 12.1. The van der Waals surface area contributed by atoms with Crippen LogP contribution in [0.4, 0.5) is 0 Å². The zero-order valence-corrected chi connectivity index (χ0v) is 14.1. The van der Waals surface area contributed by atoms with E-state index in [0.29, 0.717) is 19.5 Å². The molecule has 0 aromatic heterocycles. The SMILES string of the molecule is NCc1ccc(CNC(=O)Cc2ccc(-c3ccccc3)cc2)cc1. The van der Waals surface area contributed by atoms with Gasteiger partial charge in [0.1, 0.15) is 0 Å². The van der Waals surface area contributed by atoms with E-state index in [1.165, 1.54) is 5.56 Å². The van der Waals surface area contributed by atoms with Gasteiger partial charge in [-0.25, -0.2) is 0 Å². The van der Waals surface area contributed by atoms with Crippen molar-refractivity contribution in [3.8, 4) is 11.1 Å². The van der Waals surface area contributed by atoms with Crippen molar-refractivity contribution in [3.63, 3.8) is 0 Å². The molecular weight excluding hydrogens is 308 g/mol. The summed E-state index contributed by atoms with van der Waals surface area (Å²) in [6, 6.07) is 26.3. The van der Waals surface area contributed by atoms with Gasteiger partial charge in [-0.2, -0.15) is 0 Å². The summed E-state index contributed by atoms with van der Waals surface area (Å²) in [4.78, 5) is 12.1. The second-order valence-corrected chi connectivity index (χ2v) is 6.04. The second-order valence-electron chi connectivity index (χ2n) is 6.04. The average molecular weight is 330 g/mol. The highest BCUT2D eigenvalue weighted by molar-refractivity contribution is 5.78. The van der Waals surface area contributed by atoms with Crippen molar-refractivity contribution in [1.29, 1.82) is 0 Å². The molecule has 0 radical (unpaired) electrons. The molecular formula is C22H22N2O. The van der Waals surface area contributed by atoms with Gasteiger partial charge in [0.2, 0.25) is 5.91 Å². The lowest BCUT2D eigenvalue weighted by molar-refractivity contribution is -0.120. The van der Waals surface area contributed by atoms with Gasteiger partial charge < -0.3 is 11.1 Å². The Kier molecular flexibility index (Phi) is 5.60. The Morgan fingerprint density at radius 2 is 1.28 bits per heavy atom. The topological polar surface area (TPSA) is 55.1 Å². The average Bonchev–Trinajstić information content (AvgIpc) is 2.68. The number of nitrogens with two attached hydrogens (primary N) is 1. The lowest BCUT2D eigenvalue weighted by atomic mass is 10.0. The van der Waals surface area contributed by atoms with Crippen LogP contribution in [0.1, 0.15) is 16.7 Å². The third-order valence-electron chi connectivity index (χ3n) is 4.17. The number of hydrogen-bond acceptors (Lipinski definition) is 2. The van der Waals surface area contributed by atoms with Crippen molar-refractivity contribution in [2.45, 2.75) is 19.5 Å². The maximum absolute atomic E-state index is 12.1. The summed E-state index contributed by atoms with van der Waals surface area (Å²) in [5, 5.41) is 2.96. The first-order chi connectivity index (χ1) is 12.2. The van der Waals surface area contributed by atoms with Gasteiger partial charge in [0, 0.05) is 13.1 Å². The Morgan fingerprint density at radius 1 is 0.720 bits per heavy atom. The zero-order valence-electron chi connectivity index (χ0n) is 14.1. The van der Waals surface area contributed by atoms with Crippen LogP contribution in [0.3, 0.4) is 0 Å². The standard InChI is InChI=1S/C22H22N2O/c23-15-18-6-8-19(9-7-18)16-24-22(25)14-17-10-12-21(13-11-17)20-4-2-1-3-5-20/h1-13H,14-16,23H2,(H,24,25). The van der Waals surface area contributed by atoms with Crippen molar-refractivity contribution in [3.05, 3.63) is 95.6 Å². The molecule has 3 aromatic carbocycles. The molecule has 3 aromatic rings. The van der Waals surface area contributed by atoms with E-state index >= 15 is 0 Å². The molecule has 126 valence electrons. The molecule has 0 saturated carbocycles. The molecule has 0 aliphatic heterocycles. The number of hydrogen-bond donors (Lipinski definition) is 2. The Morgan fingerprint density at radius 3 is 1.92 bits per heavy atom. The van der Waals surface area contributed by atoms with Gasteiger partial charge in [0.25, 0.3) is 0 Å². The lowest BCUT2D eigenvalue weighted by Crippen LogP contribution is -2.24. The first-order valence-electron chi connectivity index (χ1n) is 8.43. The van der Waals surface area contributed by atoms with Crippen molar-refractivity contribution >= 4 is 5.91 Å². The highest BCUT2D eigenvalue weighted by atomic mass is 16.1. The van der Waals surface area contributed by atoms with E-state index in [4.69, 9.17) is 5.73 Å². The fourth-order valence-electron chi connectivity index (χ4n) is 2.69. The first kappa shape index (κ1) is 16.9. The molecule has 0 aliphatic rings. The zero-order chi connectivity index (χ0) is 17.5. The van der Waals surface area contributed by atoms with Crippen molar-refractivity contribution in [2.75, 3.05) is 0 Å². The van der Waals surface area contributed by atoms with E-state index in [1.54, 1.807) is 0 Å². The molecule has 3 rings (SSSR count). The highest BCUT2D eigenvalue weighted by Gasteiger charge is 2.04. The number of carbonyl (C=O) groups excluding carboxylic acids is 1. The van der Waals surface area contributed by atoms with Crippen LogP contribution in [-0.4, -0.2) is 5.91 Å². The van der Waals surface area contributed by atoms with Crippen LogP contribution in [0.15, 0.2) is 78.9 Å². The molecule has 3 heteroatoms. The molecule has 3 nitrogen and oxygen atoms in total. The van der Waals surface area contributed by atoms with Crippen LogP contribution in [-0.2, 0) is 24.3 Å². The number of carbonyl (C=O) groups is 1. The fourth-order valence-corrected chi connectivity index (χ4v) is 2.69. The minimum Gasteiger partial charge on any atom is -0.352 e. The van der Waals surface area contributed by atoms with Gasteiger partial charge >= 0.3 is 0 Å².